The van der Waals surface area contributed by atoms with Crippen LogP contribution in [0.4, 0.5) is 0 Å². The number of fused-ring (bicyclic) bond motifs is 3. The SMILES string of the molecule is CC1SC2C(CN[C@@H](Cc3ncco3)C3NNC(C)N23)C1C. The maximum atomic E-state index is 5.46. The van der Waals surface area contributed by atoms with E-state index in [1.165, 1.54) is 0 Å². The Morgan fingerprint density at radius 1 is 1.36 bits per heavy atom. The Labute approximate surface area is 135 Å². The molecule has 3 fully saturated rings. The van der Waals surface area contributed by atoms with Crippen molar-refractivity contribution >= 4 is 11.8 Å². The van der Waals surface area contributed by atoms with Crippen LogP contribution in [0.3, 0.4) is 0 Å². The lowest BCUT2D eigenvalue weighted by atomic mass is 9.91. The first-order valence-electron chi connectivity index (χ1n) is 8.21. The average Bonchev–Trinajstić information content (AvgIpc) is 3.16. The summed E-state index contributed by atoms with van der Waals surface area (Å²) in [5.74, 6) is 2.22. The Bertz CT molecular complexity index is 512. The fourth-order valence-corrected chi connectivity index (χ4v) is 5.93. The van der Waals surface area contributed by atoms with Gasteiger partial charge >= 0.3 is 0 Å². The van der Waals surface area contributed by atoms with Gasteiger partial charge < -0.3 is 9.73 Å². The van der Waals surface area contributed by atoms with Gasteiger partial charge in [0.1, 0.15) is 6.26 Å². The van der Waals surface area contributed by atoms with Crippen molar-refractivity contribution in [2.45, 2.75) is 56.2 Å². The second-order valence-electron chi connectivity index (χ2n) is 6.76. The highest BCUT2D eigenvalue weighted by molar-refractivity contribution is 8.00. The van der Waals surface area contributed by atoms with Crippen LogP contribution in [0.25, 0.3) is 0 Å². The average molecular weight is 323 g/mol. The maximum Gasteiger partial charge on any atom is 0.195 e. The summed E-state index contributed by atoms with van der Waals surface area (Å²) in [6.45, 7) is 8.07. The second-order valence-corrected chi connectivity index (χ2v) is 8.25. The van der Waals surface area contributed by atoms with E-state index in [0.29, 0.717) is 28.7 Å². The van der Waals surface area contributed by atoms with Crippen molar-refractivity contribution in [3.8, 4) is 0 Å². The van der Waals surface area contributed by atoms with Gasteiger partial charge in [-0.1, -0.05) is 13.8 Å². The van der Waals surface area contributed by atoms with Crippen molar-refractivity contribution in [2.24, 2.45) is 11.8 Å². The minimum absolute atomic E-state index is 0.266. The Morgan fingerprint density at radius 2 is 2.23 bits per heavy atom. The fraction of sp³-hybridized carbons (Fsp3) is 0.800. The third-order valence-corrected chi connectivity index (χ3v) is 7.24. The van der Waals surface area contributed by atoms with Crippen LogP contribution in [0.2, 0.25) is 0 Å². The monoisotopic (exact) mass is 323 g/mol. The molecule has 0 bridgehead atoms. The number of aromatic nitrogens is 1. The van der Waals surface area contributed by atoms with Crippen molar-refractivity contribution in [1.29, 1.82) is 0 Å². The van der Waals surface area contributed by atoms with Crippen molar-refractivity contribution < 1.29 is 4.42 Å². The first-order chi connectivity index (χ1) is 10.6. The molecule has 1 aromatic heterocycles. The molecule has 4 heterocycles. The first kappa shape index (κ1) is 15.0. The van der Waals surface area contributed by atoms with Crippen LogP contribution in [-0.4, -0.2) is 45.4 Å². The summed E-state index contributed by atoms with van der Waals surface area (Å²) in [5, 5.41) is 5.06. The first-order valence-corrected chi connectivity index (χ1v) is 9.15. The quantitative estimate of drug-likeness (QED) is 0.750. The lowest BCUT2D eigenvalue weighted by molar-refractivity contribution is 0.136. The van der Waals surface area contributed by atoms with Crippen molar-refractivity contribution in [3.05, 3.63) is 18.4 Å². The molecule has 6 unspecified atom stereocenters. The smallest absolute Gasteiger partial charge is 0.195 e. The van der Waals surface area contributed by atoms with Gasteiger partial charge in [0.05, 0.1) is 23.9 Å². The van der Waals surface area contributed by atoms with E-state index < -0.39 is 0 Å². The van der Waals surface area contributed by atoms with E-state index >= 15 is 0 Å². The molecule has 22 heavy (non-hydrogen) atoms. The molecule has 0 spiro atoms. The molecule has 3 N–H and O–H groups in total. The molecule has 3 saturated heterocycles. The Kier molecular flexibility index (Phi) is 3.94. The van der Waals surface area contributed by atoms with E-state index in [1.807, 2.05) is 0 Å². The highest BCUT2D eigenvalue weighted by Crippen LogP contribution is 2.46. The molecule has 3 aliphatic rings. The molecule has 3 aliphatic heterocycles. The van der Waals surface area contributed by atoms with Crippen molar-refractivity contribution in [1.82, 2.24) is 26.1 Å². The lowest BCUT2D eigenvalue weighted by Gasteiger charge is -2.34. The summed E-state index contributed by atoms with van der Waals surface area (Å²) in [7, 11) is 0. The number of oxazole rings is 1. The lowest BCUT2D eigenvalue weighted by Crippen LogP contribution is -2.53. The number of thioether (sulfide) groups is 1. The highest BCUT2D eigenvalue weighted by Gasteiger charge is 2.51. The van der Waals surface area contributed by atoms with Crippen LogP contribution in [0.15, 0.2) is 16.9 Å². The second kappa shape index (κ2) is 5.79. The van der Waals surface area contributed by atoms with Crippen LogP contribution in [-0.2, 0) is 6.42 Å². The molecular weight excluding hydrogens is 298 g/mol. The van der Waals surface area contributed by atoms with Gasteiger partial charge in [-0.25, -0.2) is 15.8 Å². The van der Waals surface area contributed by atoms with Crippen molar-refractivity contribution in [2.75, 3.05) is 6.54 Å². The van der Waals surface area contributed by atoms with E-state index in [1.54, 1.807) is 12.5 Å². The van der Waals surface area contributed by atoms with Gasteiger partial charge in [-0.15, -0.1) is 11.8 Å². The van der Waals surface area contributed by atoms with Crippen LogP contribution in [0.5, 0.6) is 0 Å². The summed E-state index contributed by atoms with van der Waals surface area (Å²) in [4.78, 5) is 6.91. The normalized spacial score (nSPS) is 45.5. The van der Waals surface area contributed by atoms with E-state index in [9.17, 15) is 0 Å². The molecule has 1 aromatic rings. The molecule has 0 aromatic carbocycles. The predicted molar refractivity (Wildman–Crippen MR) is 86.9 cm³/mol. The molecule has 6 nitrogen and oxygen atoms in total. The molecule has 7 atom stereocenters. The zero-order chi connectivity index (χ0) is 15.3. The molecule has 4 rings (SSSR count). The van der Waals surface area contributed by atoms with Gasteiger partial charge in [0.2, 0.25) is 0 Å². The third-order valence-electron chi connectivity index (χ3n) is 5.51. The highest BCUT2D eigenvalue weighted by atomic mass is 32.2. The van der Waals surface area contributed by atoms with E-state index in [-0.39, 0.29) is 6.17 Å². The number of nitrogens with zero attached hydrogens (tertiary/aromatic N) is 2. The summed E-state index contributed by atoms with van der Waals surface area (Å²) < 4.78 is 5.46. The minimum Gasteiger partial charge on any atom is -0.449 e. The summed E-state index contributed by atoms with van der Waals surface area (Å²) in [6, 6.07) is 0.296. The van der Waals surface area contributed by atoms with Gasteiger partial charge in [-0.2, -0.15) is 0 Å². The van der Waals surface area contributed by atoms with Crippen LogP contribution < -0.4 is 16.2 Å². The molecule has 0 aliphatic carbocycles. The zero-order valence-electron chi connectivity index (χ0n) is 13.3. The zero-order valence-corrected chi connectivity index (χ0v) is 14.1. The molecule has 0 amide bonds. The van der Waals surface area contributed by atoms with E-state index in [2.05, 4.69) is 58.6 Å². The van der Waals surface area contributed by atoms with E-state index in [4.69, 9.17) is 4.42 Å². The van der Waals surface area contributed by atoms with E-state index in [0.717, 1.165) is 24.8 Å². The van der Waals surface area contributed by atoms with Gasteiger partial charge in [0.25, 0.3) is 0 Å². The maximum absolute atomic E-state index is 5.46. The number of hydrogen-bond acceptors (Lipinski definition) is 7. The topological polar surface area (TPSA) is 65.4 Å². The molecular formula is C15H25N5OS. The van der Waals surface area contributed by atoms with Crippen LogP contribution >= 0.6 is 11.8 Å². The summed E-state index contributed by atoms with van der Waals surface area (Å²) in [6.07, 6.45) is 4.79. The fourth-order valence-electron chi connectivity index (χ4n) is 4.04. The van der Waals surface area contributed by atoms with Gasteiger partial charge in [-0.3, -0.25) is 4.90 Å². The number of hydrazine groups is 1. The molecule has 0 radical (unpaired) electrons. The largest absolute Gasteiger partial charge is 0.449 e. The van der Waals surface area contributed by atoms with Gasteiger partial charge in [0, 0.05) is 24.3 Å². The number of hydrogen-bond donors (Lipinski definition) is 3. The summed E-state index contributed by atoms with van der Waals surface area (Å²) >= 11 is 2.13. The van der Waals surface area contributed by atoms with Crippen molar-refractivity contribution in [3.63, 3.8) is 0 Å². The van der Waals surface area contributed by atoms with Crippen LogP contribution in [0, 0.1) is 11.8 Å². The number of rotatable bonds is 2. The Morgan fingerprint density at radius 3 is 3.00 bits per heavy atom. The molecule has 0 saturated carbocycles. The predicted octanol–water partition coefficient (Wildman–Crippen LogP) is 0.985. The Balaban J connectivity index is 1.60. The minimum atomic E-state index is 0.266. The Hall–Kier alpha value is -0.600. The van der Waals surface area contributed by atoms with Gasteiger partial charge in [0.15, 0.2) is 5.89 Å². The third kappa shape index (κ3) is 2.39. The number of nitrogens with one attached hydrogen (secondary N) is 3. The summed E-state index contributed by atoms with van der Waals surface area (Å²) in [5.41, 5.74) is 6.90. The van der Waals surface area contributed by atoms with Gasteiger partial charge in [-0.05, 0) is 18.8 Å². The molecule has 7 heteroatoms. The molecule has 122 valence electrons. The van der Waals surface area contributed by atoms with Crippen LogP contribution in [0.1, 0.15) is 26.7 Å². The standard InChI is InChI=1S/C15H25N5OS/c1-8-9(2)22-15-11(8)7-17-12(6-13-16-4-5-21-13)14-19-18-10(3)20(14)15/h4-5,8-12,14-15,17-19H,6-7H2,1-3H3/t8?,9?,10?,11?,12-,14?,15?/m0/s1.